The highest BCUT2D eigenvalue weighted by Crippen LogP contribution is 2.36. The monoisotopic (exact) mass is 416 g/mol. The van der Waals surface area contributed by atoms with E-state index in [1.165, 1.54) is 12.0 Å². The van der Waals surface area contributed by atoms with Crippen LogP contribution in [0.2, 0.25) is 5.02 Å². The van der Waals surface area contributed by atoms with E-state index in [0.717, 1.165) is 0 Å². The summed E-state index contributed by atoms with van der Waals surface area (Å²) in [6.45, 7) is 2.77. The van der Waals surface area contributed by atoms with E-state index in [2.05, 4.69) is 5.32 Å². The Labute approximate surface area is 173 Å². The largest absolute Gasteiger partial charge is 0.496 e. The van der Waals surface area contributed by atoms with Gasteiger partial charge < -0.3 is 14.8 Å². The molecule has 0 unspecified atom stereocenters. The van der Waals surface area contributed by atoms with Crippen LogP contribution in [0, 0.1) is 0 Å². The summed E-state index contributed by atoms with van der Waals surface area (Å²) >= 11 is 5.97. The van der Waals surface area contributed by atoms with Crippen molar-refractivity contribution < 1.29 is 23.9 Å². The molecule has 3 rings (SSSR count). The summed E-state index contributed by atoms with van der Waals surface area (Å²) in [7, 11) is 1.49. The summed E-state index contributed by atoms with van der Waals surface area (Å²) in [5.41, 5.74) is 0.504. The lowest BCUT2D eigenvalue weighted by Gasteiger charge is -2.41. The number of methoxy groups -OCH3 is 1. The molecule has 0 aromatic heterocycles. The summed E-state index contributed by atoms with van der Waals surface area (Å²) in [6.07, 6.45) is -0.0997. The van der Waals surface area contributed by atoms with Gasteiger partial charge in [0.05, 0.1) is 24.9 Å². The van der Waals surface area contributed by atoms with Crippen LogP contribution in [0.5, 0.6) is 5.75 Å². The van der Waals surface area contributed by atoms with E-state index in [1.54, 1.807) is 56.3 Å². The lowest BCUT2D eigenvalue weighted by molar-refractivity contribution is -0.147. The maximum absolute atomic E-state index is 12.9. The number of nitrogens with zero attached hydrogens (tertiary/aromatic N) is 1. The van der Waals surface area contributed by atoms with Gasteiger partial charge in [-0.2, -0.15) is 0 Å². The standard InChI is InChI=1S/C21H21ClN2O5/c1-21(2)20(27)23-15-6-4-5-7-16(15)24(21)18(25)12-29-19(26)11-13-10-14(22)8-9-17(13)28-3/h4-10H,11-12H2,1-3H3,(H,23,27). The Bertz CT molecular complexity index is 973. The van der Waals surface area contributed by atoms with E-state index < -0.39 is 24.0 Å². The van der Waals surface area contributed by atoms with Gasteiger partial charge in [0.25, 0.3) is 5.91 Å². The number of rotatable bonds is 5. The number of amides is 2. The molecule has 0 bridgehead atoms. The van der Waals surface area contributed by atoms with Crippen LogP contribution < -0.4 is 15.0 Å². The molecule has 2 aromatic carbocycles. The van der Waals surface area contributed by atoms with Gasteiger partial charge in [-0.25, -0.2) is 0 Å². The first-order chi connectivity index (χ1) is 13.7. The summed E-state index contributed by atoms with van der Waals surface area (Å²) in [4.78, 5) is 39.0. The minimum atomic E-state index is -1.13. The first-order valence-corrected chi connectivity index (χ1v) is 9.33. The van der Waals surface area contributed by atoms with E-state index in [1.807, 2.05) is 0 Å². The molecule has 1 heterocycles. The third kappa shape index (κ3) is 4.19. The van der Waals surface area contributed by atoms with Crippen LogP contribution in [0.1, 0.15) is 19.4 Å². The first-order valence-electron chi connectivity index (χ1n) is 8.95. The number of halogens is 1. The fraction of sp³-hybridized carbons (Fsp3) is 0.286. The Balaban J connectivity index is 1.73. The van der Waals surface area contributed by atoms with Crippen LogP contribution in [0.15, 0.2) is 42.5 Å². The Kier molecular flexibility index (Phi) is 5.79. The van der Waals surface area contributed by atoms with Crippen LogP contribution in [0.25, 0.3) is 0 Å². The van der Waals surface area contributed by atoms with Crippen molar-refractivity contribution in [1.29, 1.82) is 0 Å². The average molecular weight is 417 g/mol. The number of nitrogens with one attached hydrogen (secondary N) is 1. The zero-order valence-electron chi connectivity index (χ0n) is 16.3. The van der Waals surface area contributed by atoms with Crippen LogP contribution >= 0.6 is 11.6 Å². The molecule has 29 heavy (non-hydrogen) atoms. The van der Waals surface area contributed by atoms with Gasteiger partial charge in [-0.3, -0.25) is 19.3 Å². The second-order valence-electron chi connectivity index (χ2n) is 7.05. The molecule has 0 aliphatic carbocycles. The maximum atomic E-state index is 12.9. The van der Waals surface area contributed by atoms with Crippen LogP contribution in [0.3, 0.4) is 0 Å². The molecular formula is C21H21ClN2O5. The number of carbonyl (C=O) groups excluding carboxylic acids is 3. The van der Waals surface area contributed by atoms with E-state index in [0.29, 0.717) is 27.7 Å². The molecule has 0 saturated heterocycles. The number of hydrogen-bond acceptors (Lipinski definition) is 5. The van der Waals surface area contributed by atoms with E-state index >= 15 is 0 Å². The minimum absolute atomic E-state index is 0.0997. The SMILES string of the molecule is COc1ccc(Cl)cc1CC(=O)OCC(=O)N1c2ccccc2NC(=O)C1(C)C. The van der Waals surface area contributed by atoms with Crippen LogP contribution in [-0.4, -0.2) is 37.0 Å². The topological polar surface area (TPSA) is 84.9 Å². The summed E-state index contributed by atoms with van der Waals surface area (Å²) in [5.74, 6) is -0.921. The lowest BCUT2D eigenvalue weighted by atomic mass is 9.96. The molecule has 0 atom stereocenters. The van der Waals surface area contributed by atoms with Gasteiger partial charge in [0.15, 0.2) is 6.61 Å². The van der Waals surface area contributed by atoms with Crippen molar-refractivity contribution in [2.24, 2.45) is 0 Å². The number of anilines is 2. The van der Waals surface area contributed by atoms with Crippen LogP contribution in [0.4, 0.5) is 11.4 Å². The van der Waals surface area contributed by atoms with Gasteiger partial charge in [-0.15, -0.1) is 0 Å². The highest BCUT2D eigenvalue weighted by atomic mass is 35.5. The van der Waals surface area contributed by atoms with E-state index in [-0.39, 0.29) is 12.3 Å². The fourth-order valence-electron chi connectivity index (χ4n) is 3.20. The molecule has 1 aliphatic rings. The average Bonchev–Trinajstić information content (AvgIpc) is 2.67. The lowest BCUT2D eigenvalue weighted by Crippen LogP contribution is -2.59. The Morgan fingerprint density at radius 3 is 2.62 bits per heavy atom. The molecule has 2 amide bonds. The molecule has 0 spiro atoms. The zero-order chi connectivity index (χ0) is 21.2. The van der Waals surface area contributed by atoms with Gasteiger partial charge in [-0.05, 0) is 44.2 Å². The van der Waals surface area contributed by atoms with Gasteiger partial charge in [0.2, 0.25) is 5.91 Å². The van der Waals surface area contributed by atoms with Crippen molar-refractivity contribution >= 4 is 40.8 Å². The fourth-order valence-corrected chi connectivity index (χ4v) is 3.39. The molecule has 7 nitrogen and oxygen atoms in total. The molecule has 152 valence electrons. The smallest absolute Gasteiger partial charge is 0.310 e. The predicted octanol–water partition coefficient (Wildman–Crippen LogP) is 3.20. The zero-order valence-corrected chi connectivity index (χ0v) is 17.1. The predicted molar refractivity (Wildman–Crippen MR) is 109 cm³/mol. The Hall–Kier alpha value is -3.06. The number of para-hydroxylation sites is 2. The third-order valence-corrected chi connectivity index (χ3v) is 4.93. The number of carbonyl (C=O) groups is 3. The molecule has 1 N–H and O–H groups in total. The van der Waals surface area contributed by atoms with E-state index in [9.17, 15) is 14.4 Å². The highest BCUT2D eigenvalue weighted by Gasteiger charge is 2.43. The van der Waals surface area contributed by atoms with Gasteiger partial charge in [0, 0.05) is 10.6 Å². The van der Waals surface area contributed by atoms with Crippen molar-refractivity contribution in [3.05, 3.63) is 53.1 Å². The summed E-state index contributed by atoms with van der Waals surface area (Å²) in [5, 5.41) is 3.24. The molecule has 0 fully saturated rings. The number of ether oxygens (including phenoxy) is 2. The number of esters is 1. The van der Waals surface area contributed by atoms with Crippen molar-refractivity contribution in [3.63, 3.8) is 0 Å². The highest BCUT2D eigenvalue weighted by molar-refractivity contribution is 6.30. The number of fused-ring (bicyclic) bond motifs is 1. The molecule has 1 aliphatic heterocycles. The second kappa shape index (κ2) is 8.13. The molecular weight excluding hydrogens is 396 g/mol. The maximum Gasteiger partial charge on any atom is 0.310 e. The summed E-state index contributed by atoms with van der Waals surface area (Å²) < 4.78 is 10.4. The molecule has 8 heteroatoms. The van der Waals surface area contributed by atoms with Gasteiger partial charge >= 0.3 is 5.97 Å². The second-order valence-corrected chi connectivity index (χ2v) is 7.49. The normalized spacial score (nSPS) is 14.6. The van der Waals surface area contributed by atoms with Crippen molar-refractivity contribution in [3.8, 4) is 5.75 Å². The number of benzene rings is 2. The van der Waals surface area contributed by atoms with E-state index in [4.69, 9.17) is 21.1 Å². The first kappa shape index (κ1) is 20.7. The van der Waals surface area contributed by atoms with Crippen molar-refractivity contribution in [1.82, 2.24) is 0 Å². The van der Waals surface area contributed by atoms with Crippen molar-refractivity contribution in [2.45, 2.75) is 25.8 Å². The van der Waals surface area contributed by atoms with Gasteiger partial charge in [-0.1, -0.05) is 23.7 Å². The Morgan fingerprint density at radius 1 is 1.17 bits per heavy atom. The van der Waals surface area contributed by atoms with Crippen LogP contribution in [-0.2, 0) is 25.5 Å². The summed E-state index contributed by atoms with van der Waals surface area (Å²) in [6, 6.07) is 11.9. The Morgan fingerprint density at radius 2 is 1.90 bits per heavy atom. The molecule has 0 radical (unpaired) electrons. The minimum Gasteiger partial charge on any atom is -0.496 e. The van der Waals surface area contributed by atoms with Gasteiger partial charge in [0.1, 0.15) is 11.3 Å². The molecule has 0 saturated carbocycles. The number of hydrogen-bond donors (Lipinski definition) is 1. The quantitative estimate of drug-likeness (QED) is 0.756. The third-order valence-electron chi connectivity index (χ3n) is 4.69. The molecule has 2 aromatic rings. The van der Waals surface area contributed by atoms with Crippen molar-refractivity contribution in [2.75, 3.05) is 23.9 Å².